The number of carbonyl (C=O) groups is 1. The monoisotopic (exact) mass is 373 g/mol. The van der Waals surface area contributed by atoms with Crippen molar-refractivity contribution in [3.05, 3.63) is 66.2 Å². The van der Waals surface area contributed by atoms with Crippen molar-refractivity contribution < 1.29 is 18.3 Å². The highest BCUT2D eigenvalue weighted by Gasteiger charge is 2.25. The van der Waals surface area contributed by atoms with Crippen molar-refractivity contribution in [1.82, 2.24) is 0 Å². The van der Waals surface area contributed by atoms with Crippen LogP contribution in [0.25, 0.3) is 6.08 Å². The largest absolute Gasteiger partial charge is 0.388 e. The zero-order valence-electron chi connectivity index (χ0n) is 14.9. The molecule has 6 heteroatoms. The normalized spacial score (nSPS) is 11.8. The second kappa shape index (κ2) is 8.78. The van der Waals surface area contributed by atoms with Crippen molar-refractivity contribution >= 4 is 27.6 Å². The van der Waals surface area contributed by atoms with Crippen LogP contribution in [0.4, 0.5) is 5.69 Å². The lowest BCUT2D eigenvalue weighted by Gasteiger charge is -2.26. The van der Waals surface area contributed by atoms with Crippen molar-refractivity contribution in [3.8, 4) is 0 Å². The van der Waals surface area contributed by atoms with Crippen molar-refractivity contribution in [2.24, 2.45) is 5.92 Å². The average molecular weight is 373 g/mol. The second-order valence-corrected chi connectivity index (χ2v) is 8.16. The van der Waals surface area contributed by atoms with Gasteiger partial charge in [0, 0.05) is 6.54 Å². The van der Waals surface area contributed by atoms with Gasteiger partial charge in [-0.05, 0) is 41.8 Å². The smallest absolute Gasteiger partial charge is 0.264 e. The van der Waals surface area contributed by atoms with Crippen LogP contribution in [0, 0.1) is 5.92 Å². The fourth-order valence-electron chi connectivity index (χ4n) is 2.42. The molecule has 0 unspecified atom stereocenters. The number of hydrogen-bond donors (Lipinski definition) is 1. The topological polar surface area (TPSA) is 74.7 Å². The van der Waals surface area contributed by atoms with Gasteiger partial charge in [-0.1, -0.05) is 50.3 Å². The van der Waals surface area contributed by atoms with Crippen LogP contribution in [-0.2, 0) is 14.8 Å². The van der Waals surface area contributed by atoms with Crippen LogP contribution in [0.3, 0.4) is 0 Å². The average Bonchev–Trinajstić information content (AvgIpc) is 2.64. The van der Waals surface area contributed by atoms with Gasteiger partial charge in [0.15, 0.2) is 5.78 Å². The molecule has 138 valence electrons. The van der Waals surface area contributed by atoms with Crippen molar-refractivity contribution in [2.45, 2.75) is 18.7 Å². The maximum atomic E-state index is 13.2. The molecule has 0 fully saturated rings. The number of anilines is 1. The quantitative estimate of drug-likeness (QED) is 0.722. The van der Waals surface area contributed by atoms with Gasteiger partial charge in [0.25, 0.3) is 10.0 Å². The summed E-state index contributed by atoms with van der Waals surface area (Å²) in [4.78, 5) is 11.4. The predicted molar refractivity (Wildman–Crippen MR) is 103 cm³/mol. The number of benzene rings is 2. The summed E-state index contributed by atoms with van der Waals surface area (Å²) in [6.07, 6.45) is 2.72. The van der Waals surface area contributed by atoms with Gasteiger partial charge in [0.2, 0.25) is 0 Å². The van der Waals surface area contributed by atoms with E-state index in [1.807, 2.05) is 19.9 Å². The van der Waals surface area contributed by atoms with Gasteiger partial charge in [-0.15, -0.1) is 0 Å². The number of para-hydroxylation sites is 1. The molecule has 0 radical (unpaired) electrons. The van der Waals surface area contributed by atoms with Crippen LogP contribution in [-0.4, -0.2) is 32.5 Å². The van der Waals surface area contributed by atoms with E-state index in [1.54, 1.807) is 36.4 Å². The number of rotatable bonds is 8. The molecule has 0 aliphatic rings. The molecule has 0 saturated carbocycles. The Kier molecular flexibility index (Phi) is 6.71. The number of nitrogens with zero attached hydrogens (tertiary/aromatic N) is 1. The highest BCUT2D eigenvalue weighted by atomic mass is 32.2. The summed E-state index contributed by atoms with van der Waals surface area (Å²) < 4.78 is 27.8. The van der Waals surface area contributed by atoms with Crippen LogP contribution < -0.4 is 4.31 Å². The van der Waals surface area contributed by atoms with Crippen LogP contribution in [0.15, 0.2) is 65.6 Å². The number of aliphatic hydroxyl groups excluding tert-OH is 1. The maximum absolute atomic E-state index is 13.2. The Bertz CT molecular complexity index is 874. The first kappa shape index (κ1) is 19.9. The Morgan fingerprint density at radius 3 is 2.42 bits per heavy atom. The Morgan fingerprint density at radius 1 is 1.12 bits per heavy atom. The molecular formula is C20H23NO4S. The first-order valence-electron chi connectivity index (χ1n) is 8.34. The Morgan fingerprint density at radius 2 is 1.81 bits per heavy atom. The molecule has 0 aromatic heterocycles. The minimum absolute atomic E-state index is 0.148. The van der Waals surface area contributed by atoms with Gasteiger partial charge >= 0.3 is 0 Å². The van der Waals surface area contributed by atoms with Crippen molar-refractivity contribution in [3.63, 3.8) is 0 Å². The number of hydrogen-bond acceptors (Lipinski definition) is 4. The molecule has 0 heterocycles. The molecule has 0 aliphatic heterocycles. The molecule has 0 saturated heterocycles. The van der Waals surface area contributed by atoms with Gasteiger partial charge in [-0.25, -0.2) is 8.42 Å². The van der Waals surface area contributed by atoms with Crippen LogP contribution in [0.5, 0.6) is 0 Å². The third kappa shape index (κ3) is 5.03. The summed E-state index contributed by atoms with van der Waals surface area (Å²) >= 11 is 0. The molecule has 0 aliphatic carbocycles. The lowest BCUT2D eigenvalue weighted by molar-refractivity contribution is -0.117. The third-order valence-electron chi connectivity index (χ3n) is 3.64. The van der Waals surface area contributed by atoms with Gasteiger partial charge in [0.05, 0.1) is 10.6 Å². The summed E-state index contributed by atoms with van der Waals surface area (Å²) in [6.45, 7) is 3.70. The summed E-state index contributed by atoms with van der Waals surface area (Å²) in [5.41, 5.74) is 1.18. The second-order valence-electron chi connectivity index (χ2n) is 6.30. The van der Waals surface area contributed by atoms with E-state index in [9.17, 15) is 13.2 Å². The number of aliphatic hydroxyl groups is 1. The Labute approximate surface area is 154 Å². The van der Waals surface area contributed by atoms with Gasteiger partial charge in [-0.3, -0.25) is 9.10 Å². The summed E-state index contributed by atoms with van der Waals surface area (Å²) in [6, 6.07) is 15.4. The van der Waals surface area contributed by atoms with Gasteiger partial charge in [-0.2, -0.15) is 0 Å². The van der Waals surface area contributed by atoms with E-state index < -0.39 is 22.4 Å². The maximum Gasteiger partial charge on any atom is 0.264 e. The zero-order valence-corrected chi connectivity index (χ0v) is 15.7. The van der Waals surface area contributed by atoms with E-state index in [2.05, 4.69) is 0 Å². The number of sulfonamides is 1. The molecule has 2 aromatic rings. The molecule has 1 N–H and O–H groups in total. The molecule has 5 nitrogen and oxygen atoms in total. The molecule has 0 spiro atoms. The van der Waals surface area contributed by atoms with Crippen LogP contribution in [0.1, 0.15) is 19.4 Å². The lowest BCUT2D eigenvalue weighted by Crippen LogP contribution is -2.34. The fraction of sp³-hybridized carbons (Fsp3) is 0.250. The molecule has 0 bridgehead atoms. The molecule has 2 rings (SSSR count). The van der Waals surface area contributed by atoms with Crippen molar-refractivity contribution in [1.29, 1.82) is 0 Å². The number of carbonyl (C=O) groups excluding carboxylic acids is 1. The highest BCUT2D eigenvalue weighted by Crippen LogP contribution is 2.25. The SMILES string of the molecule is CC(C)CN(c1ccccc1)S(=O)(=O)c1cccc(/C=C/C(=O)CO)c1. The molecule has 0 atom stereocenters. The third-order valence-corrected chi connectivity index (χ3v) is 5.43. The van der Waals surface area contributed by atoms with E-state index >= 15 is 0 Å². The molecular weight excluding hydrogens is 350 g/mol. The minimum Gasteiger partial charge on any atom is -0.388 e. The van der Waals surface area contributed by atoms with E-state index in [0.29, 0.717) is 17.8 Å². The zero-order chi connectivity index (χ0) is 19.2. The standard InChI is InChI=1S/C20H23NO4S/c1-16(2)14-21(18-8-4-3-5-9-18)26(24,25)20-10-6-7-17(13-20)11-12-19(23)15-22/h3-13,16,22H,14-15H2,1-2H3/b12-11+. The first-order valence-corrected chi connectivity index (χ1v) is 9.78. The van der Waals surface area contributed by atoms with Crippen molar-refractivity contribution in [2.75, 3.05) is 17.5 Å². The minimum atomic E-state index is -3.75. The van der Waals surface area contributed by atoms with E-state index in [-0.39, 0.29) is 10.8 Å². The van der Waals surface area contributed by atoms with Crippen LogP contribution in [0.2, 0.25) is 0 Å². The highest BCUT2D eigenvalue weighted by molar-refractivity contribution is 7.92. The van der Waals surface area contributed by atoms with Gasteiger partial charge in [0.1, 0.15) is 6.61 Å². The Balaban J connectivity index is 2.43. The first-order chi connectivity index (χ1) is 12.3. The summed E-state index contributed by atoms with van der Waals surface area (Å²) in [5.74, 6) is -0.292. The molecule has 0 amide bonds. The van der Waals surface area contributed by atoms with E-state index in [0.717, 1.165) is 0 Å². The van der Waals surface area contributed by atoms with E-state index in [4.69, 9.17) is 5.11 Å². The number of ketones is 1. The summed E-state index contributed by atoms with van der Waals surface area (Å²) in [7, 11) is -3.75. The Hall–Kier alpha value is -2.44. The van der Waals surface area contributed by atoms with Crippen LogP contribution >= 0.6 is 0 Å². The lowest BCUT2D eigenvalue weighted by atomic mass is 10.2. The van der Waals surface area contributed by atoms with E-state index in [1.165, 1.54) is 28.6 Å². The molecule has 26 heavy (non-hydrogen) atoms. The summed E-state index contributed by atoms with van der Waals surface area (Å²) in [5, 5.41) is 8.78. The fourth-order valence-corrected chi connectivity index (χ4v) is 4.10. The predicted octanol–water partition coefficient (Wildman–Crippen LogP) is 3.11. The van der Waals surface area contributed by atoms with Gasteiger partial charge < -0.3 is 5.11 Å². The molecule has 2 aromatic carbocycles.